The maximum atomic E-state index is 13.1. The molecule has 2 heterocycles. The van der Waals surface area contributed by atoms with Crippen LogP contribution in [0.3, 0.4) is 0 Å². The molecule has 6 fully saturated rings. The van der Waals surface area contributed by atoms with Gasteiger partial charge in [0.2, 0.25) is 6.29 Å². The third kappa shape index (κ3) is 6.51. The second-order valence-corrected chi connectivity index (χ2v) is 20.8. The van der Waals surface area contributed by atoms with E-state index in [4.69, 9.17) is 24.0 Å². The molecule has 57 heavy (non-hydrogen) atoms. The molecule has 0 amide bonds. The molecule has 0 unspecified atom stereocenters. The predicted molar refractivity (Wildman–Crippen MR) is 200 cm³/mol. The molecule has 19 atom stereocenters. The summed E-state index contributed by atoms with van der Waals surface area (Å²) in [6.45, 7) is 14.5. The lowest BCUT2D eigenvalue weighted by Crippen LogP contribution is -2.68. The maximum Gasteiger partial charge on any atom is 0.312 e. The Bertz CT molecular complexity index is 1540. The van der Waals surface area contributed by atoms with E-state index in [1.165, 1.54) is 5.57 Å². The lowest BCUT2D eigenvalue weighted by Gasteiger charge is -2.71. The van der Waals surface area contributed by atoms with Gasteiger partial charge in [0, 0.05) is 0 Å². The molecular formula is C42H68O15. The molecule has 0 radical (unpaired) electrons. The first-order valence-electron chi connectivity index (χ1n) is 21.1. The van der Waals surface area contributed by atoms with Gasteiger partial charge in [-0.2, -0.15) is 0 Å². The Hall–Kier alpha value is -1.31. The quantitative estimate of drug-likeness (QED) is 0.0734. The summed E-state index contributed by atoms with van der Waals surface area (Å²) in [5.74, 6) is -0.714. The molecule has 0 spiro atoms. The lowest BCUT2D eigenvalue weighted by atomic mass is 9.33. The van der Waals surface area contributed by atoms with Crippen molar-refractivity contribution in [3.63, 3.8) is 0 Å². The van der Waals surface area contributed by atoms with Crippen LogP contribution < -0.4 is 0 Å². The molecule has 5 aliphatic carbocycles. The van der Waals surface area contributed by atoms with E-state index in [9.17, 15) is 50.8 Å². The van der Waals surface area contributed by atoms with E-state index in [1.807, 2.05) is 0 Å². The van der Waals surface area contributed by atoms with E-state index >= 15 is 0 Å². The number of aliphatic hydroxyl groups is 8. The Kier molecular flexibility index (Phi) is 11.5. The molecule has 0 aromatic rings. The maximum absolute atomic E-state index is 13.1. The van der Waals surface area contributed by atoms with Crippen molar-refractivity contribution in [3.8, 4) is 0 Å². The fourth-order valence-electron chi connectivity index (χ4n) is 13.6. The van der Waals surface area contributed by atoms with Crippen molar-refractivity contribution in [1.29, 1.82) is 0 Å². The minimum Gasteiger partial charge on any atom is -0.481 e. The summed E-state index contributed by atoms with van der Waals surface area (Å²) in [6.07, 6.45) is -8.17. The van der Waals surface area contributed by atoms with Crippen molar-refractivity contribution in [2.45, 2.75) is 180 Å². The second kappa shape index (κ2) is 14.9. The van der Waals surface area contributed by atoms with Crippen LogP contribution in [0.15, 0.2) is 11.6 Å². The van der Waals surface area contributed by atoms with Crippen molar-refractivity contribution < 1.29 is 74.7 Å². The van der Waals surface area contributed by atoms with Crippen LogP contribution in [0.4, 0.5) is 0 Å². The molecule has 4 saturated carbocycles. The smallest absolute Gasteiger partial charge is 0.312 e. The van der Waals surface area contributed by atoms with E-state index in [1.54, 1.807) is 0 Å². The van der Waals surface area contributed by atoms with Crippen LogP contribution in [0.2, 0.25) is 0 Å². The largest absolute Gasteiger partial charge is 0.481 e. The van der Waals surface area contributed by atoms with Crippen LogP contribution in [-0.4, -0.2) is 139 Å². The Morgan fingerprint density at radius 1 is 0.737 bits per heavy atom. The minimum absolute atomic E-state index is 0.0320. The van der Waals surface area contributed by atoms with Gasteiger partial charge < -0.3 is 60.2 Å². The van der Waals surface area contributed by atoms with E-state index in [0.717, 1.165) is 38.5 Å². The molecule has 2 aliphatic heterocycles. The number of hydrogen-bond acceptors (Lipinski definition) is 14. The molecule has 9 N–H and O–H groups in total. The fraction of sp³-hybridized carbons (Fsp3) is 0.929. The molecule has 7 rings (SSSR count). The molecule has 326 valence electrons. The van der Waals surface area contributed by atoms with Gasteiger partial charge in [0.15, 0.2) is 12.4 Å². The molecule has 0 bridgehead atoms. The van der Waals surface area contributed by atoms with Crippen molar-refractivity contribution in [1.82, 2.24) is 0 Å². The van der Waals surface area contributed by atoms with E-state index in [-0.39, 0.29) is 34.0 Å². The number of carbonyl (C=O) groups is 1. The van der Waals surface area contributed by atoms with Crippen molar-refractivity contribution >= 4 is 5.97 Å². The van der Waals surface area contributed by atoms with Gasteiger partial charge in [-0.25, -0.2) is 9.78 Å². The number of hydrogen-bond donors (Lipinski definition) is 9. The first-order chi connectivity index (χ1) is 26.5. The van der Waals surface area contributed by atoms with E-state index in [0.29, 0.717) is 19.3 Å². The van der Waals surface area contributed by atoms with Gasteiger partial charge in [-0.15, -0.1) is 0 Å². The van der Waals surface area contributed by atoms with E-state index < -0.39 is 109 Å². The number of fused-ring (bicyclic) bond motifs is 7. The summed E-state index contributed by atoms with van der Waals surface area (Å²) >= 11 is 0. The summed E-state index contributed by atoms with van der Waals surface area (Å²) in [7, 11) is 0. The lowest BCUT2D eigenvalue weighted by molar-refractivity contribution is -0.474. The third-order valence-corrected chi connectivity index (χ3v) is 17.3. The van der Waals surface area contributed by atoms with Gasteiger partial charge in [-0.05, 0) is 103 Å². The van der Waals surface area contributed by atoms with Crippen LogP contribution in [0, 0.1) is 50.2 Å². The number of allylic oxidation sites excluding steroid dienone is 2. The number of aliphatic hydroxyl groups excluding tert-OH is 8. The second-order valence-electron chi connectivity index (χ2n) is 20.8. The number of carboxylic acid groups (broad SMARTS) is 1. The number of ether oxygens (including phenoxy) is 3. The Morgan fingerprint density at radius 3 is 2.00 bits per heavy atom. The third-order valence-electron chi connectivity index (χ3n) is 17.3. The summed E-state index contributed by atoms with van der Waals surface area (Å²) in [6, 6.07) is 0. The van der Waals surface area contributed by atoms with Crippen LogP contribution in [0.25, 0.3) is 0 Å². The van der Waals surface area contributed by atoms with Crippen molar-refractivity contribution in [2.75, 3.05) is 13.2 Å². The molecule has 0 aromatic heterocycles. The van der Waals surface area contributed by atoms with Gasteiger partial charge in [0.1, 0.15) is 48.1 Å². The highest BCUT2D eigenvalue weighted by molar-refractivity contribution is 5.77. The standard InChI is InChI=1S/C42H68O15/c1-37(2)14-15-42(36(51)52)21(16-37)20-8-9-25-39(5)12-11-27(38(3,4)24(39)10-13-40(25,6)41(20,7)17-26(42)45)55-35-33(31(49)29(47)23(19-44)54-35)56-57-34-32(50)30(48)28(46)22(18-43)53-34/h8,21-35,43-50H,9-19H2,1-7H3,(H,51,52)/t21-,22+,23+,24-,25+,26+,27-,28+,29+,30-,31-,32+,33+,34-,35-,39-,40+,41+,42+/m0/s1. The Labute approximate surface area is 335 Å². The molecule has 15 heteroatoms. The number of carboxylic acids is 1. The minimum atomic E-state index is -1.79. The predicted octanol–water partition coefficient (Wildman–Crippen LogP) is 1.78. The highest BCUT2D eigenvalue weighted by Crippen LogP contribution is 2.76. The summed E-state index contributed by atoms with van der Waals surface area (Å²) in [5.41, 5.74) is -1.20. The van der Waals surface area contributed by atoms with Gasteiger partial charge in [0.25, 0.3) is 0 Å². The average molecular weight is 813 g/mol. The fourth-order valence-corrected chi connectivity index (χ4v) is 13.6. The van der Waals surface area contributed by atoms with Crippen molar-refractivity contribution in [3.05, 3.63) is 11.6 Å². The van der Waals surface area contributed by atoms with Crippen molar-refractivity contribution in [2.24, 2.45) is 50.2 Å². The average Bonchev–Trinajstić information content (AvgIpc) is 3.13. The summed E-state index contributed by atoms with van der Waals surface area (Å²) < 4.78 is 18.1. The monoisotopic (exact) mass is 812 g/mol. The van der Waals surface area contributed by atoms with Gasteiger partial charge in [-0.3, -0.25) is 4.79 Å². The van der Waals surface area contributed by atoms with E-state index in [2.05, 4.69) is 54.5 Å². The number of aliphatic carboxylic acids is 1. The van der Waals surface area contributed by atoms with Crippen LogP contribution in [0.5, 0.6) is 0 Å². The molecule has 2 saturated heterocycles. The molecule has 0 aromatic carbocycles. The highest BCUT2D eigenvalue weighted by Gasteiger charge is 2.71. The molecule has 7 aliphatic rings. The zero-order valence-electron chi connectivity index (χ0n) is 34.5. The normalized spacial score (nSPS) is 53.0. The zero-order chi connectivity index (χ0) is 41.8. The highest BCUT2D eigenvalue weighted by atomic mass is 17.2. The van der Waals surface area contributed by atoms with Gasteiger partial charge >= 0.3 is 5.97 Å². The first-order valence-corrected chi connectivity index (χ1v) is 21.1. The summed E-state index contributed by atoms with van der Waals surface area (Å²) in [5, 5.41) is 95.3. The Balaban J connectivity index is 1.13. The SMILES string of the molecule is CC1(C)CC[C@]2(C(=O)O)[C@H](O)C[C@]3(C)C(=CC[C@@H]4[C@@]5(C)CC[C@H](O[C@@H]6O[C@H](CO)[C@@H](O)[C@H](O)[C@H]6OO[C@@H]6O[C@H](CO)[C@@H](O)[C@H](O)[C@H]6O)C(C)(C)[C@@H]5CC[C@]43C)[C@@H]2C1. The van der Waals surface area contributed by atoms with Crippen LogP contribution in [-0.2, 0) is 28.8 Å². The zero-order valence-corrected chi connectivity index (χ0v) is 34.5. The first kappa shape index (κ1) is 43.8. The number of rotatable bonds is 8. The van der Waals surface area contributed by atoms with Gasteiger partial charge in [-0.1, -0.05) is 60.1 Å². The molecular weight excluding hydrogens is 744 g/mol. The molecule has 15 nitrogen and oxygen atoms in total. The van der Waals surface area contributed by atoms with Crippen LogP contribution >= 0.6 is 0 Å². The topological polar surface area (TPSA) is 245 Å². The van der Waals surface area contributed by atoms with Gasteiger partial charge in [0.05, 0.1) is 25.4 Å². The Morgan fingerprint density at radius 2 is 1.37 bits per heavy atom. The van der Waals surface area contributed by atoms with Crippen LogP contribution in [0.1, 0.15) is 106 Å². The summed E-state index contributed by atoms with van der Waals surface area (Å²) in [4.78, 5) is 24.0.